The number of benzene rings is 1. The molecule has 22 heavy (non-hydrogen) atoms. The molecular formula is C16H20N2O3S. The van der Waals surface area contributed by atoms with Crippen LogP contribution in [0.2, 0.25) is 0 Å². The Kier molecular flexibility index (Phi) is 4.06. The van der Waals surface area contributed by atoms with E-state index in [2.05, 4.69) is 11.2 Å². The number of hydrogen-bond acceptors (Lipinski definition) is 4. The Labute approximate surface area is 131 Å². The molecule has 0 bridgehead atoms. The third-order valence-corrected chi connectivity index (χ3v) is 6.09. The molecule has 0 spiro atoms. The lowest BCUT2D eigenvalue weighted by molar-refractivity contribution is 0.213. The van der Waals surface area contributed by atoms with Gasteiger partial charge in [0, 0.05) is 0 Å². The lowest BCUT2D eigenvalue weighted by atomic mass is 9.94. The Morgan fingerprint density at radius 2 is 2.00 bits per heavy atom. The fourth-order valence-electron chi connectivity index (χ4n) is 3.11. The summed E-state index contributed by atoms with van der Waals surface area (Å²) in [5, 5.41) is 4.02. The monoisotopic (exact) mass is 320 g/mol. The van der Waals surface area contributed by atoms with Gasteiger partial charge in [-0.05, 0) is 43.9 Å². The number of rotatable bonds is 3. The van der Waals surface area contributed by atoms with Crippen LogP contribution in [0, 0.1) is 6.92 Å². The van der Waals surface area contributed by atoms with Gasteiger partial charge in [-0.25, -0.2) is 8.42 Å². The molecule has 0 aromatic heterocycles. The SMILES string of the molecule is CO/N=C1/CN(S(=O)(=O)c2ccc(C)cc2)C2CCCC=C12. The summed E-state index contributed by atoms with van der Waals surface area (Å²) < 4.78 is 27.5. The topological polar surface area (TPSA) is 59.0 Å². The molecule has 6 heteroatoms. The van der Waals surface area contributed by atoms with Gasteiger partial charge in [-0.3, -0.25) is 0 Å². The third-order valence-electron chi connectivity index (χ3n) is 4.22. The van der Waals surface area contributed by atoms with Crippen molar-refractivity contribution in [3.05, 3.63) is 41.5 Å². The first-order valence-electron chi connectivity index (χ1n) is 7.43. The molecule has 1 heterocycles. The second-order valence-electron chi connectivity index (χ2n) is 5.69. The highest BCUT2D eigenvalue weighted by Crippen LogP contribution is 2.34. The Morgan fingerprint density at radius 3 is 2.68 bits per heavy atom. The van der Waals surface area contributed by atoms with Crippen molar-refractivity contribution in [3.8, 4) is 0 Å². The molecule has 2 aliphatic rings. The van der Waals surface area contributed by atoms with Gasteiger partial charge in [0.05, 0.1) is 23.2 Å². The summed E-state index contributed by atoms with van der Waals surface area (Å²) in [4.78, 5) is 5.22. The number of fused-ring (bicyclic) bond motifs is 1. The van der Waals surface area contributed by atoms with Crippen LogP contribution in [0.1, 0.15) is 24.8 Å². The van der Waals surface area contributed by atoms with Crippen molar-refractivity contribution in [2.75, 3.05) is 13.7 Å². The maximum absolute atomic E-state index is 13.0. The molecule has 1 aliphatic carbocycles. The van der Waals surface area contributed by atoms with Gasteiger partial charge >= 0.3 is 0 Å². The van der Waals surface area contributed by atoms with Crippen LogP contribution in [0.3, 0.4) is 0 Å². The van der Waals surface area contributed by atoms with Gasteiger partial charge in [-0.1, -0.05) is 28.9 Å². The molecule has 0 amide bonds. The molecule has 1 fully saturated rings. The minimum Gasteiger partial charge on any atom is -0.399 e. The molecule has 1 atom stereocenters. The van der Waals surface area contributed by atoms with Crippen LogP contribution in [0.15, 0.2) is 46.0 Å². The zero-order chi connectivity index (χ0) is 15.7. The lowest BCUT2D eigenvalue weighted by Crippen LogP contribution is -2.36. The van der Waals surface area contributed by atoms with E-state index in [-0.39, 0.29) is 12.6 Å². The second-order valence-corrected chi connectivity index (χ2v) is 7.58. The molecular weight excluding hydrogens is 300 g/mol. The van der Waals surface area contributed by atoms with Gasteiger partial charge in [0.25, 0.3) is 0 Å². The molecule has 1 aliphatic heterocycles. The Morgan fingerprint density at radius 1 is 1.27 bits per heavy atom. The van der Waals surface area contributed by atoms with E-state index in [1.54, 1.807) is 16.4 Å². The van der Waals surface area contributed by atoms with Crippen LogP contribution < -0.4 is 0 Å². The normalized spacial score (nSPS) is 24.2. The maximum atomic E-state index is 13.0. The van der Waals surface area contributed by atoms with E-state index in [0.717, 1.165) is 36.1 Å². The van der Waals surface area contributed by atoms with Crippen molar-refractivity contribution in [1.82, 2.24) is 4.31 Å². The lowest BCUT2D eigenvalue weighted by Gasteiger charge is -2.26. The van der Waals surface area contributed by atoms with Crippen molar-refractivity contribution in [3.63, 3.8) is 0 Å². The van der Waals surface area contributed by atoms with E-state index in [0.29, 0.717) is 4.90 Å². The van der Waals surface area contributed by atoms with Crippen molar-refractivity contribution < 1.29 is 13.3 Å². The molecule has 1 saturated heterocycles. The van der Waals surface area contributed by atoms with Crippen molar-refractivity contribution >= 4 is 15.7 Å². The second kappa shape index (κ2) is 5.85. The van der Waals surface area contributed by atoms with Crippen molar-refractivity contribution in [1.29, 1.82) is 0 Å². The summed E-state index contributed by atoms with van der Waals surface area (Å²) in [7, 11) is -2.03. The average Bonchev–Trinajstić information content (AvgIpc) is 2.88. The summed E-state index contributed by atoms with van der Waals surface area (Å²) in [6.45, 7) is 2.22. The van der Waals surface area contributed by atoms with Gasteiger partial charge in [0.2, 0.25) is 10.0 Å². The van der Waals surface area contributed by atoms with Crippen LogP contribution in [-0.2, 0) is 14.9 Å². The predicted molar refractivity (Wildman–Crippen MR) is 85.2 cm³/mol. The van der Waals surface area contributed by atoms with Crippen LogP contribution in [0.25, 0.3) is 0 Å². The van der Waals surface area contributed by atoms with Gasteiger partial charge in [0.15, 0.2) is 0 Å². The summed E-state index contributed by atoms with van der Waals surface area (Å²) in [6.07, 6.45) is 4.89. The fourth-order valence-corrected chi connectivity index (χ4v) is 4.71. The predicted octanol–water partition coefficient (Wildman–Crippen LogP) is 2.48. The van der Waals surface area contributed by atoms with Crippen LogP contribution >= 0.6 is 0 Å². The van der Waals surface area contributed by atoms with E-state index in [1.165, 1.54) is 7.11 Å². The standard InChI is InChI=1S/C16H20N2O3S/c1-12-7-9-13(10-8-12)22(19,20)18-11-15(17-21-2)14-5-3-4-6-16(14)18/h5,7-10,16H,3-4,6,11H2,1-2H3/b17-15-. The number of sulfonamides is 1. The molecule has 0 radical (unpaired) electrons. The highest BCUT2D eigenvalue weighted by Gasteiger charge is 2.42. The van der Waals surface area contributed by atoms with Crippen LogP contribution in [0.4, 0.5) is 0 Å². The molecule has 1 unspecified atom stereocenters. The Balaban J connectivity index is 2.00. The first-order valence-corrected chi connectivity index (χ1v) is 8.87. The molecule has 0 N–H and O–H groups in total. The van der Waals surface area contributed by atoms with Crippen molar-refractivity contribution in [2.45, 2.75) is 37.1 Å². The quantitative estimate of drug-likeness (QED) is 0.804. The minimum atomic E-state index is -3.52. The van der Waals surface area contributed by atoms with Gasteiger partial charge in [-0.15, -0.1) is 0 Å². The minimum absolute atomic E-state index is 0.117. The van der Waals surface area contributed by atoms with Crippen LogP contribution in [-0.4, -0.2) is 38.1 Å². The first kappa shape index (κ1) is 15.2. The van der Waals surface area contributed by atoms with Gasteiger partial charge in [-0.2, -0.15) is 4.31 Å². The number of aryl methyl sites for hydroxylation is 1. The zero-order valence-corrected chi connectivity index (χ0v) is 13.6. The molecule has 1 aromatic rings. The largest absolute Gasteiger partial charge is 0.399 e. The zero-order valence-electron chi connectivity index (χ0n) is 12.8. The summed E-state index contributed by atoms with van der Waals surface area (Å²) >= 11 is 0. The van der Waals surface area contributed by atoms with Crippen LogP contribution in [0.5, 0.6) is 0 Å². The first-order chi connectivity index (χ1) is 10.5. The third kappa shape index (κ3) is 2.57. The molecule has 5 nitrogen and oxygen atoms in total. The number of hydrogen-bond donors (Lipinski definition) is 0. The molecule has 0 saturated carbocycles. The summed E-state index contributed by atoms with van der Waals surface area (Å²) in [5.41, 5.74) is 2.77. The number of allylic oxidation sites excluding steroid dienone is 1. The van der Waals surface area contributed by atoms with Gasteiger partial charge < -0.3 is 4.84 Å². The van der Waals surface area contributed by atoms with E-state index in [1.807, 2.05) is 19.1 Å². The molecule has 118 valence electrons. The maximum Gasteiger partial charge on any atom is 0.243 e. The Bertz CT molecular complexity index is 720. The summed E-state index contributed by atoms with van der Waals surface area (Å²) in [6, 6.07) is 6.87. The van der Waals surface area contributed by atoms with Gasteiger partial charge in [0.1, 0.15) is 7.11 Å². The highest BCUT2D eigenvalue weighted by molar-refractivity contribution is 7.89. The molecule has 3 rings (SSSR count). The van der Waals surface area contributed by atoms with E-state index in [4.69, 9.17) is 4.84 Å². The summed E-state index contributed by atoms with van der Waals surface area (Å²) in [5.74, 6) is 0. The van der Waals surface area contributed by atoms with E-state index < -0.39 is 10.0 Å². The molecule has 1 aromatic carbocycles. The Hall–Kier alpha value is -1.66. The van der Waals surface area contributed by atoms with E-state index in [9.17, 15) is 8.42 Å². The number of oxime groups is 1. The highest BCUT2D eigenvalue weighted by atomic mass is 32.2. The number of nitrogens with zero attached hydrogens (tertiary/aromatic N) is 2. The average molecular weight is 320 g/mol. The smallest absolute Gasteiger partial charge is 0.243 e. The van der Waals surface area contributed by atoms with Crippen molar-refractivity contribution in [2.24, 2.45) is 5.16 Å². The fraction of sp³-hybridized carbons (Fsp3) is 0.438. The van der Waals surface area contributed by atoms with E-state index >= 15 is 0 Å².